The van der Waals surface area contributed by atoms with Crippen molar-refractivity contribution in [1.82, 2.24) is 10.2 Å². The predicted octanol–water partition coefficient (Wildman–Crippen LogP) is 2.72. The highest BCUT2D eigenvalue weighted by Crippen LogP contribution is 2.69. The molecule has 5 heteroatoms. The lowest BCUT2D eigenvalue weighted by molar-refractivity contribution is -0.169. The van der Waals surface area contributed by atoms with Gasteiger partial charge in [0, 0.05) is 13.1 Å². The fraction of sp³-hybridized carbons (Fsp3) is 0.889. The van der Waals surface area contributed by atoms with Crippen molar-refractivity contribution in [2.75, 3.05) is 26.3 Å². The monoisotopic (exact) mass is 336 g/mol. The van der Waals surface area contributed by atoms with Gasteiger partial charge in [-0.3, -0.25) is 4.79 Å². The Balaban J connectivity index is 1.50. The number of nitrogens with one attached hydrogen (secondary N) is 1. The maximum Gasteiger partial charge on any atom is 0.232 e. The van der Waals surface area contributed by atoms with Gasteiger partial charge in [0.05, 0.1) is 18.6 Å². The number of hydrogen-bond acceptors (Lipinski definition) is 3. The van der Waals surface area contributed by atoms with Crippen LogP contribution in [-0.2, 0) is 9.53 Å². The average Bonchev–Trinajstić information content (AvgIpc) is 2.44. The third-order valence-corrected chi connectivity index (χ3v) is 6.99. The van der Waals surface area contributed by atoms with E-state index in [1.807, 2.05) is 0 Å². The minimum absolute atomic E-state index is 0.181. The summed E-state index contributed by atoms with van der Waals surface area (Å²) in [6.45, 7) is 7.75. The summed E-state index contributed by atoms with van der Waals surface area (Å²) in [5, 5.41) is 3.71. The molecule has 1 heterocycles. The van der Waals surface area contributed by atoms with Crippen LogP contribution >= 0.6 is 12.2 Å². The number of hydrogen-bond donors (Lipinski definition) is 1. The lowest BCUT2D eigenvalue weighted by Gasteiger charge is -2.64. The molecule has 5 fully saturated rings. The van der Waals surface area contributed by atoms with Crippen molar-refractivity contribution < 1.29 is 9.53 Å². The topological polar surface area (TPSA) is 41.6 Å². The summed E-state index contributed by atoms with van der Waals surface area (Å²) in [5.41, 5.74) is 0.525. The molecular formula is C18H28N2O2S. The van der Waals surface area contributed by atoms with Crippen LogP contribution in [0.1, 0.15) is 52.4 Å². The van der Waals surface area contributed by atoms with Crippen molar-refractivity contribution in [3.63, 3.8) is 0 Å². The highest BCUT2D eigenvalue weighted by atomic mass is 32.1. The van der Waals surface area contributed by atoms with Crippen molar-refractivity contribution in [3.8, 4) is 0 Å². The number of amides is 1. The van der Waals surface area contributed by atoms with Crippen LogP contribution < -0.4 is 5.32 Å². The molecule has 4 atom stereocenters. The first-order chi connectivity index (χ1) is 10.8. The number of nitrogens with zero attached hydrogens (tertiary/aromatic N) is 1. The van der Waals surface area contributed by atoms with Crippen molar-refractivity contribution >= 4 is 23.2 Å². The first-order valence-electron chi connectivity index (χ1n) is 9.00. The molecule has 5 aliphatic rings. The summed E-state index contributed by atoms with van der Waals surface area (Å²) in [5.74, 6) is 0.916. The lowest BCUT2D eigenvalue weighted by Crippen LogP contribution is -2.61. The van der Waals surface area contributed by atoms with E-state index in [1.165, 1.54) is 19.3 Å². The summed E-state index contributed by atoms with van der Waals surface area (Å²) < 4.78 is 5.37. The van der Waals surface area contributed by atoms with Crippen LogP contribution in [0.4, 0.5) is 0 Å². The SMILES string of the molecule is C[C@]12CC3CC(C(=O)NC(=S)N4CCOCC4)(C1)C[C@@](C)(C3)C2. The van der Waals surface area contributed by atoms with E-state index in [0.717, 1.165) is 38.3 Å². The zero-order chi connectivity index (χ0) is 16.3. The van der Waals surface area contributed by atoms with Gasteiger partial charge < -0.3 is 15.0 Å². The summed E-state index contributed by atoms with van der Waals surface area (Å²) in [7, 11) is 0. The predicted molar refractivity (Wildman–Crippen MR) is 93.0 cm³/mol. The minimum Gasteiger partial charge on any atom is -0.378 e. The lowest BCUT2D eigenvalue weighted by atomic mass is 9.40. The largest absolute Gasteiger partial charge is 0.378 e. The first kappa shape index (κ1) is 15.8. The Bertz CT molecular complexity index is 525. The molecule has 4 saturated carbocycles. The van der Waals surface area contributed by atoms with Crippen LogP contribution in [0.15, 0.2) is 0 Å². The molecule has 4 nitrogen and oxygen atoms in total. The summed E-state index contributed by atoms with van der Waals surface area (Å²) in [6.07, 6.45) is 7.07. The van der Waals surface area contributed by atoms with E-state index in [2.05, 4.69) is 24.1 Å². The summed E-state index contributed by atoms with van der Waals surface area (Å²) in [6, 6.07) is 0. The molecule has 4 bridgehead atoms. The smallest absolute Gasteiger partial charge is 0.232 e. The van der Waals surface area contributed by atoms with E-state index in [1.54, 1.807) is 0 Å². The number of morpholine rings is 1. The summed E-state index contributed by atoms with van der Waals surface area (Å²) >= 11 is 5.50. The van der Waals surface area contributed by atoms with Crippen LogP contribution in [0.3, 0.4) is 0 Å². The molecule has 0 radical (unpaired) electrons. The standard InChI is InChI=1S/C18H28N2O2S/c1-16-7-13-8-17(2,10-16)12-18(9-13,11-16)14(21)19-15(23)20-3-5-22-6-4-20/h13H,3-12H2,1-2H3,(H,19,21,23)/t13?,16-,17+,18?. The van der Waals surface area contributed by atoms with E-state index in [9.17, 15) is 4.79 Å². The second kappa shape index (κ2) is 5.16. The van der Waals surface area contributed by atoms with Gasteiger partial charge in [-0.1, -0.05) is 13.8 Å². The van der Waals surface area contributed by atoms with E-state index < -0.39 is 0 Å². The number of rotatable bonds is 1. The fourth-order valence-corrected chi connectivity index (χ4v) is 7.05. The number of ether oxygens (including phenoxy) is 1. The van der Waals surface area contributed by atoms with Crippen molar-refractivity contribution in [1.29, 1.82) is 0 Å². The second-order valence-corrected chi connectivity index (χ2v) is 9.66. The molecule has 1 amide bonds. The summed E-state index contributed by atoms with van der Waals surface area (Å²) in [4.78, 5) is 15.2. The minimum atomic E-state index is -0.181. The highest BCUT2D eigenvalue weighted by Gasteiger charge is 2.62. The van der Waals surface area contributed by atoms with Gasteiger partial charge in [-0.15, -0.1) is 0 Å². The van der Waals surface area contributed by atoms with Crippen LogP contribution in [-0.4, -0.2) is 42.2 Å². The van der Waals surface area contributed by atoms with Gasteiger partial charge in [-0.25, -0.2) is 0 Å². The molecule has 128 valence electrons. The van der Waals surface area contributed by atoms with Crippen molar-refractivity contribution in [2.45, 2.75) is 52.4 Å². The Hall–Kier alpha value is -0.680. The molecule has 23 heavy (non-hydrogen) atoms. The van der Waals surface area contributed by atoms with Gasteiger partial charge in [-0.2, -0.15) is 0 Å². The van der Waals surface area contributed by atoms with Crippen molar-refractivity contribution in [3.05, 3.63) is 0 Å². The Labute approximate surface area is 144 Å². The number of carbonyl (C=O) groups excluding carboxylic acids is 1. The van der Waals surface area contributed by atoms with Crippen molar-refractivity contribution in [2.24, 2.45) is 22.2 Å². The maximum absolute atomic E-state index is 13.2. The van der Waals surface area contributed by atoms with E-state index in [-0.39, 0.29) is 11.3 Å². The molecule has 1 aliphatic heterocycles. The molecule has 4 aliphatic carbocycles. The van der Waals surface area contributed by atoms with Gasteiger partial charge in [0.25, 0.3) is 0 Å². The number of carbonyl (C=O) groups is 1. The molecule has 2 unspecified atom stereocenters. The molecule has 5 rings (SSSR count). The van der Waals surface area contributed by atoms with Crippen LogP contribution in [0.25, 0.3) is 0 Å². The molecule has 0 aromatic carbocycles. The van der Waals surface area contributed by atoms with Crippen LogP contribution in [0.5, 0.6) is 0 Å². The molecule has 0 aromatic rings. The molecule has 0 aromatic heterocycles. The Morgan fingerprint density at radius 1 is 1.09 bits per heavy atom. The van der Waals surface area contributed by atoms with E-state index in [0.29, 0.717) is 29.2 Å². The van der Waals surface area contributed by atoms with Gasteiger partial charge >= 0.3 is 0 Å². The normalized spacial score (nSPS) is 45.1. The quantitative estimate of drug-likeness (QED) is 0.748. The Morgan fingerprint density at radius 2 is 1.70 bits per heavy atom. The second-order valence-electron chi connectivity index (χ2n) is 9.27. The molecule has 1 N–H and O–H groups in total. The first-order valence-corrected chi connectivity index (χ1v) is 9.41. The molecular weight excluding hydrogens is 308 g/mol. The van der Waals surface area contributed by atoms with Gasteiger partial charge in [0.2, 0.25) is 5.91 Å². The molecule has 1 saturated heterocycles. The van der Waals surface area contributed by atoms with E-state index in [4.69, 9.17) is 17.0 Å². The zero-order valence-electron chi connectivity index (χ0n) is 14.3. The highest BCUT2D eigenvalue weighted by molar-refractivity contribution is 7.80. The average molecular weight is 337 g/mol. The van der Waals surface area contributed by atoms with Gasteiger partial charge in [0.1, 0.15) is 0 Å². The fourth-order valence-electron chi connectivity index (χ4n) is 6.78. The van der Waals surface area contributed by atoms with Crippen LogP contribution in [0, 0.1) is 22.2 Å². The maximum atomic E-state index is 13.2. The van der Waals surface area contributed by atoms with Gasteiger partial charge in [0.15, 0.2) is 5.11 Å². The van der Waals surface area contributed by atoms with Gasteiger partial charge in [-0.05, 0) is 67.5 Å². The number of thiocarbonyl (C=S) groups is 1. The van der Waals surface area contributed by atoms with Crippen LogP contribution in [0.2, 0.25) is 0 Å². The zero-order valence-corrected chi connectivity index (χ0v) is 15.1. The van der Waals surface area contributed by atoms with E-state index >= 15 is 0 Å². The molecule has 0 spiro atoms. The third-order valence-electron chi connectivity index (χ3n) is 6.63. The third kappa shape index (κ3) is 2.70. The Morgan fingerprint density at radius 3 is 2.26 bits per heavy atom. The Kier molecular flexibility index (Phi) is 3.55.